The molecule has 1 aromatic carbocycles. The topological polar surface area (TPSA) is 38.7 Å². The van der Waals surface area contributed by atoms with E-state index in [0.717, 1.165) is 0 Å². The number of benzene rings is 1. The van der Waals surface area contributed by atoms with Crippen molar-refractivity contribution in [2.75, 3.05) is 14.2 Å². The van der Waals surface area contributed by atoms with Gasteiger partial charge in [0.1, 0.15) is 5.60 Å². The minimum atomic E-state index is -1.20. The van der Waals surface area contributed by atoms with Gasteiger partial charge in [-0.15, -0.1) is 0 Å². The highest BCUT2D eigenvalue weighted by atomic mass is 35.5. The van der Waals surface area contributed by atoms with Gasteiger partial charge in [0.25, 0.3) is 0 Å². The highest BCUT2D eigenvalue weighted by Crippen LogP contribution is 2.27. The Hall–Kier alpha value is -0.610. The predicted molar refractivity (Wildman–Crippen MR) is 58.8 cm³/mol. The summed E-state index contributed by atoms with van der Waals surface area (Å²) in [6.07, 6.45) is -0.710. The molecule has 0 spiro atoms. The van der Waals surface area contributed by atoms with Gasteiger partial charge in [0.05, 0.1) is 0 Å². The minimum absolute atomic E-state index is 0.626. The SMILES string of the molecule is COC(OC)C(C)(O)c1ccc(Cl)cc1. The molecule has 0 aromatic heterocycles. The van der Waals surface area contributed by atoms with Gasteiger partial charge in [0.2, 0.25) is 0 Å². The fourth-order valence-electron chi connectivity index (χ4n) is 1.48. The fraction of sp³-hybridized carbons (Fsp3) is 0.455. The Labute approximate surface area is 94.6 Å². The summed E-state index contributed by atoms with van der Waals surface area (Å²) in [6.45, 7) is 1.63. The molecule has 1 N–H and O–H groups in total. The summed E-state index contributed by atoms with van der Waals surface area (Å²) >= 11 is 5.76. The van der Waals surface area contributed by atoms with Crippen LogP contribution in [0.2, 0.25) is 5.02 Å². The van der Waals surface area contributed by atoms with Crippen LogP contribution in [-0.2, 0) is 15.1 Å². The normalized spacial score (nSPS) is 15.3. The zero-order valence-corrected chi connectivity index (χ0v) is 9.78. The number of hydrogen-bond acceptors (Lipinski definition) is 3. The Bertz CT molecular complexity index is 304. The summed E-state index contributed by atoms with van der Waals surface area (Å²) in [4.78, 5) is 0. The fourth-order valence-corrected chi connectivity index (χ4v) is 1.60. The summed E-state index contributed by atoms with van der Waals surface area (Å²) in [7, 11) is 2.97. The van der Waals surface area contributed by atoms with Gasteiger partial charge in [-0.05, 0) is 24.6 Å². The van der Waals surface area contributed by atoms with Crippen molar-refractivity contribution in [3.05, 3.63) is 34.9 Å². The lowest BCUT2D eigenvalue weighted by Gasteiger charge is -2.30. The van der Waals surface area contributed by atoms with E-state index < -0.39 is 11.9 Å². The molecule has 15 heavy (non-hydrogen) atoms. The molecule has 3 nitrogen and oxygen atoms in total. The highest BCUT2D eigenvalue weighted by Gasteiger charge is 2.34. The molecule has 0 saturated carbocycles. The Morgan fingerprint density at radius 1 is 1.20 bits per heavy atom. The van der Waals surface area contributed by atoms with Gasteiger partial charge in [-0.1, -0.05) is 23.7 Å². The Morgan fingerprint density at radius 2 is 1.67 bits per heavy atom. The standard InChI is InChI=1S/C11H15ClO3/c1-11(13,10(14-2)15-3)8-4-6-9(12)7-5-8/h4-7,10,13H,1-3H3. The van der Waals surface area contributed by atoms with Crippen LogP contribution in [0.15, 0.2) is 24.3 Å². The van der Waals surface area contributed by atoms with Crippen LogP contribution in [0.5, 0.6) is 0 Å². The Kier molecular flexibility index (Phi) is 4.11. The molecule has 1 unspecified atom stereocenters. The molecule has 0 aliphatic carbocycles. The predicted octanol–water partition coefficient (Wildman–Crippen LogP) is 2.17. The molecule has 1 rings (SSSR count). The number of ether oxygens (including phenoxy) is 2. The van der Waals surface area contributed by atoms with E-state index in [1.165, 1.54) is 14.2 Å². The van der Waals surface area contributed by atoms with Gasteiger partial charge in [0.15, 0.2) is 6.29 Å². The summed E-state index contributed by atoms with van der Waals surface area (Å²) in [6, 6.07) is 6.92. The zero-order chi connectivity index (χ0) is 11.5. The monoisotopic (exact) mass is 230 g/mol. The third kappa shape index (κ3) is 2.69. The van der Waals surface area contributed by atoms with Crippen LogP contribution >= 0.6 is 11.6 Å². The molecule has 0 saturated heterocycles. The van der Waals surface area contributed by atoms with E-state index in [0.29, 0.717) is 10.6 Å². The number of methoxy groups -OCH3 is 2. The van der Waals surface area contributed by atoms with Crippen molar-refractivity contribution >= 4 is 11.6 Å². The second-order valence-electron chi connectivity index (χ2n) is 3.46. The maximum absolute atomic E-state index is 10.2. The highest BCUT2D eigenvalue weighted by molar-refractivity contribution is 6.30. The van der Waals surface area contributed by atoms with Gasteiger partial charge in [0, 0.05) is 19.2 Å². The van der Waals surface area contributed by atoms with Crippen LogP contribution in [0.1, 0.15) is 12.5 Å². The maximum Gasteiger partial charge on any atom is 0.189 e. The minimum Gasteiger partial charge on any atom is -0.380 e. The lowest BCUT2D eigenvalue weighted by atomic mass is 9.95. The first-order valence-electron chi connectivity index (χ1n) is 4.56. The van der Waals surface area contributed by atoms with Crippen molar-refractivity contribution in [3.8, 4) is 0 Å². The zero-order valence-electron chi connectivity index (χ0n) is 9.03. The smallest absolute Gasteiger partial charge is 0.189 e. The molecule has 0 aliphatic rings. The molecule has 4 heteroatoms. The van der Waals surface area contributed by atoms with E-state index in [2.05, 4.69) is 0 Å². The third-order valence-corrected chi connectivity index (χ3v) is 2.57. The molecule has 1 atom stereocenters. The molecular weight excluding hydrogens is 216 g/mol. The Balaban J connectivity index is 2.98. The van der Waals surface area contributed by atoms with Gasteiger partial charge in [-0.2, -0.15) is 0 Å². The van der Waals surface area contributed by atoms with Crippen LogP contribution in [0, 0.1) is 0 Å². The van der Waals surface area contributed by atoms with Crippen molar-refractivity contribution in [1.29, 1.82) is 0 Å². The largest absolute Gasteiger partial charge is 0.380 e. The average molecular weight is 231 g/mol. The molecule has 0 aliphatic heterocycles. The molecular formula is C11H15ClO3. The van der Waals surface area contributed by atoms with Crippen LogP contribution in [0.25, 0.3) is 0 Å². The molecule has 0 fully saturated rings. The third-order valence-electron chi connectivity index (χ3n) is 2.32. The number of aliphatic hydroxyl groups is 1. The summed E-state index contributed by atoms with van der Waals surface area (Å²) < 4.78 is 10.1. The van der Waals surface area contributed by atoms with Crippen LogP contribution in [0.4, 0.5) is 0 Å². The number of halogens is 1. The van der Waals surface area contributed by atoms with Gasteiger partial charge >= 0.3 is 0 Å². The summed E-state index contributed by atoms with van der Waals surface area (Å²) in [5.41, 5.74) is -0.505. The first kappa shape index (κ1) is 12.5. The summed E-state index contributed by atoms with van der Waals surface area (Å²) in [5, 5.41) is 10.9. The molecule has 1 aromatic rings. The molecule has 84 valence electrons. The summed E-state index contributed by atoms with van der Waals surface area (Å²) in [5.74, 6) is 0. The van der Waals surface area contributed by atoms with Crippen LogP contribution < -0.4 is 0 Å². The van der Waals surface area contributed by atoms with Crippen LogP contribution in [-0.4, -0.2) is 25.6 Å². The van der Waals surface area contributed by atoms with E-state index in [4.69, 9.17) is 21.1 Å². The average Bonchev–Trinajstić information content (AvgIpc) is 2.19. The quantitative estimate of drug-likeness (QED) is 0.806. The maximum atomic E-state index is 10.2. The van der Waals surface area contributed by atoms with Gasteiger partial charge < -0.3 is 14.6 Å². The second-order valence-corrected chi connectivity index (χ2v) is 3.89. The van der Waals surface area contributed by atoms with E-state index in [1.807, 2.05) is 0 Å². The molecule has 0 radical (unpaired) electrons. The lowest BCUT2D eigenvalue weighted by Crippen LogP contribution is -2.39. The first-order valence-corrected chi connectivity index (χ1v) is 4.94. The van der Waals surface area contributed by atoms with Gasteiger partial charge in [-0.3, -0.25) is 0 Å². The number of rotatable bonds is 4. The van der Waals surface area contributed by atoms with Crippen molar-refractivity contribution in [2.24, 2.45) is 0 Å². The lowest BCUT2D eigenvalue weighted by molar-refractivity contribution is -0.213. The van der Waals surface area contributed by atoms with Gasteiger partial charge in [-0.25, -0.2) is 0 Å². The van der Waals surface area contributed by atoms with E-state index in [1.54, 1.807) is 31.2 Å². The van der Waals surface area contributed by atoms with Crippen molar-refractivity contribution in [1.82, 2.24) is 0 Å². The van der Waals surface area contributed by atoms with Crippen molar-refractivity contribution < 1.29 is 14.6 Å². The second kappa shape index (κ2) is 4.94. The van der Waals surface area contributed by atoms with Crippen molar-refractivity contribution in [2.45, 2.75) is 18.8 Å². The first-order chi connectivity index (χ1) is 7.02. The number of hydrogen-bond donors (Lipinski definition) is 1. The van der Waals surface area contributed by atoms with E-state index >= 15 is 0 Å². The van der Waals surface area contributed by atoms with Crippen LogP contribution in [0.3, 0.4) is 0 Å². The molecule has 0 amide bonds. The molecule has 0 heterocycles. The molecule has 0 bridgehead atoms. The van der Waals surface area contributed by atoms with Crippen molar-refractivity contribution in [3.63, 3.8) is 0 Å². The van der Waals surface area contributed by atoms with E-state index in [-0.39, 0.29) is 0 Å². The Morgan fingerprint density at radius 3 is 2.07 bits per heavy atom. The van der Waals surface area contributed by atoms with E-state index in [9.17, 15) is 5.11 Å².